The normalized spacial score (nSPS) is 30.8. The number of likely N-dealkylation sites (tertiary alicyclic amines) is 1. The van der Waals surface area contributed by atoms with Crippen LogP contribution in [0.2, 0.25) is 0 Å². The van der Waals surface area contributed by atoms with Gasteiger partial charge >= 0.3 is 6.09 Å². The Balaban J connectivity index is 1.48. The van der Waals surface area contributed by atoms with Crippen LogP contribution in [-0.2, 0) is 30.4 Å². The zero-order valence-electron chi connectivity index (χ0n) is 19.5. The average molecular weight is 489 g/mol. The Morgan fingerprint density at radius 2 is 2.03 bits per heavy atom. The summed E-state index contributed by atoms with van der Waals surface area (Å²) in [6, 6.07) is 9.61. The third-order valence-corrected chi connectivity index (χ3v) is 8.55. The third kappa shape index (κ3) is 4.35. The molecule has 1 N–H and O–H groups in total. The van der Waals surface area contributed by atoms with Crippen molar-refractivity contribution >= 4 is 22.1 Å². The van der Waals surface area contributed by atoms with E-state index in [4.69, 9.17) is 8.92 Å². The van der Waals surface area contributed by atoms with Gasteiger partial charge in [-0.25, -0.2) is 4.79 Å². The van der Waals surface area contributed by atoms with Gasteiger partial charge in [0.2, 0.25) is 5.91 Å². The highest BCUT2D eigenvalue weighted by Gasteiger charge is 2.60. The number of nitrogens with one attached hydrogen (secondary N) is 1. The van der Waals surface area contributed by atoms with E-state index in [9.17, 15) is 18.0 Å². The first-order valence-electron chi connectivity index (χ1n) is 12.1. The molecule has 8 nitrogen and oxygen atoms in total. The van der Waals surface area contributed by atoms with E-state index in [0.29, 0.717) is 25.8 Å². The SMILES string of the molecule is CS(=O)(=O)OC[C@@H]1C[C@@H]2CC3=C(CCC(=O)N3)[C@]3(C1)[C@@H]2CCCN3C(=O)OCc1ccccc1. The molecule has 184 valence electrons. The molecule has 4 aliphatic rings. The maximum atomic E-state index is 13.6. The van der Waals surface area contributed by atoms with E-state index >= 15 is 0 Å². The van der Waals surface area contributed by atoms with Crippen LogP contribution in [0.15, 0.2) is 41.6 Å². The Bertz CT molecular complexity index is 1100. The highest BCUT2D eigenvalue weighted by atomic mass is 32.2. The number of benzene rings is 1. The molecule has 1 aromatic carbocycles. The molecule has 2 heterocycles. The van der Waals surface area contributed by atoms with E-state index in [1.54, 1.807) is 0 Å². The number of allylic oxidation sites excluding steroid dienone is 1. The molecule has 0 unspecified atom stereocenters. The fourth-order valence-electron chi connectivity index (χ4n) is 6.85. The van der Waals surface area contributed by atoms with E-state index in [0.717, 1.165) is 48.8 Å². The van der Waals surface area contributed by atoms with Crippen LogP contribution < -0.4 is 5.32 Å². The third-order valence-electron chi connectivity index (χ3n) is 7.99. The number of piperidine rings is 1. The van der Waals surface area contributed by atoms with Crippen LogP contribution in [0.3, 0.4) is 0 Å². The second kappa shape index (κ2) is 9.00. The smallest absolute Gasteiger partial charge is 0.410 e. The molecule has 0 spiro atoms. The van der Waals surface area contributed by atoms with Gasteiger partial charge in [0.15, 0.2) is 0 Å². The molecular weight excluding hydrogens is 456 g/mol. The fourth-order valence-corrected chi connectivity index (χ4v) is 7.29. The Morgan fingerprint density at radius 1 is 1.24 bits per heavy atom. The van der Waals surface area contributed by atoms with Crippen molar-refractivity contribution < 1.29 is 26.9 Å². The number of hydrogen-bond acceptors (Lipinski definition) is 6. The quantitative estimate of drug-likeness (QED) is 0.638. The molecule has 2 bridgehead atoms. The maximum Gasteiger partial charge on any atom is 0.410 e. The molecule has 2 amide bonds. The van der Waals surface area contributed by atoms with Crippen molar-refractivity contribution in [2.75, 3.05) is 19.4 Å². The lowest BCUT2D eigenvalue weighted by Gasteiger charge is -2.62. The number of amides is 2. The second-order valence-corrected chi connectivity index (χ2v) is 11.8. The van der Waals surface area contributed by atoms with Crippen LogP contribution in [0.4, 0.5) is 4.79 Å². The van der Waals surface area contributed by atoms with Crippen LogP contribution >= 0.6 is 0 Å². The molecule has 1 saturated heterocycles. The van der Waals surface area contributed by atoms with E-state index in [2.05, 4.69) is 5.32 Å². The van der Waals surface area contributed by atoms with Gasteiger partial charge in [0, 0.05) is 18.7 Å². The van der Waals surface area contributed by atoms with Crippen LogP contribution in [0.25, 0.3) is 0 Å². The zero-order valence-corrected chi connectivity index (χ0v) is 20.3. The summed E-state index contributed by atoms with van der Waals surface area (Å²) in [7, 11) is -3.55. The number of hydrogen-bond donors (Lipinski definition) is 1. The van der Waals surface area contributed by atoms with Gasteiger partial charge in [0.25, 0.3) is 10.1 Å². The minimum absolute atomic E-state index is 0.00479. The number of rotatable bonds is 5. The van der Waals surface area contributed by atoms with Gasteiger partial charge in [-0.3, -0.25) is 13.9 Å². The lowest BCUT2D eigenvalue weighted by Crippen LogP contribution is -2.67. The molecule has 1 aromatic rings. The molecule has 0 radical (unpaired) electrons. The number of carbonyl (C=O) groups excluding carboxylic acids is 2. The number of nitrogens with zero attached hydrogens (tertiary/aromatic N) is 1. The van der Waals surface area contributed by atoms with E-state index in [-0.39, 0.29) is 43.0 Å². The van der Waals surface area contributed by atoms with Gasteiger partial charge in [-0.2, -0.15) is 8.42 Å². The van der Waals surface area contributed by atoms with Crippen molar-refractivity contribution in [1.29, 1.82) is 0 Å². The molecule has 1 saturated carbocycles. The first-order valence-corrected chi connectivity index (χ1v) is 13.9. The Morgan fingerprint density at radius 3 is 2.79 bits per heavy atom. The van der Waals surface area contributed by atoms with Crippen molar-refractivity contribution in [3.63, 3.8) is 0 Å². The summed E-state index contributed by atoms with van der Waals surface area (Å²) in [5.74, 6) is 0.556. The Hall–Kier alpha value is -2.39. The molecule has 4 atom stereocenters. The van der Waals surface area contributed by atoms with Gasteiger partial charge in [0.05, 0.1) is 18.4 Å². The second-order valence-electron chi connectivity index (χ2n) is 10.1. The van der Waals surface area contributed by atoms with E-state index in [1.165, 1.54) is 0 Å². The highest BCUT2D eigenvalue weighted by Crippen LogP contribution is 2.59. The minimum atomic E-state index is -3.55. The van der Waals surface area contributed by atoms with Crippen molar-refractivity contribution in [1.82, 2.24) is 10.2 Å². The molecule has 2 aliphatic carbocycles. The molecule has 9 heteroatoms. The first-order chi connectivity index (χ1) is 16.3. The molecule has 5 rings (SSSR count). The van der Waals surface area contributed by atoms with Gasteiger partial charge in [0.1, 0.15) is 6.61 Å². The molecule has 2 aliphatic heterocycles. The lowest BCUT2D eigenvalue weighted by atomic mass is 9.52. The summed E-state index contributed by atoms with van der Waals surface area (Å²) >= 11 is 0. The van der Waals surface area contributed by atoms with Crippen molar-refractivity contribution in [3.8, 4) is 0 Å². The molecule has 34 heavy (non-hydrogen) atoms. The monoisotopic (exact) mass is 488 g/mol. The van der Waals surface area contributed by atoms with Gasteiger partial charge in [-0.05, 0) is 67.4 Å². The molecule has 2 fully saturated rings. The summed E-state index contributed by atoms with van der Waals surface area (Å²) in [4.78, 5) is 27.7. The maximum absolute atomic E-state index is 13.6. The van der Waals surface area contributed by atoms with Crippen molar-refractivity contribution in [3.05, 3.63) is 47.2 Å². The predicted octanol–water partition coefficient (Wildman–Crippen LogP) is 3.34. The Kier molecular flexibility index (Phi) is 6.18. The first kappa shape index (κ1) is 23.4. The van der Waals surface area contributed by atoms with E-state index < -0.39 is 15.7 Å². The van der Waals surface area contributed by atoms with Crippen LogP contribution in [0.5, 0.6) is 0 Å². The summed E-state index contributed by atoms with van der Waals surface area (Å²) in [5, 5.41) is 3.10. The van der Waals surface area contributed by atoms with Crippen LogP contribution in [0, 0.1) is 17.8 Å². The van der Waals surface area contributed by atoms with Gasteiger partial charge in [-0.1, -0.05) is 30.3 Å². The van der Waals surface area contributed by atoms with Crippen LogP contribution in [0.1, 0.15) is 50.5 Å². The van der Waals surface area contributed by atoms with Crippen LogP contribution in [-0.4, -0.2) is 50.3 Å². The summed E-state index contributed by atoms with van der Waals surface area (Å²) in [6.07, 6.45) is 5.86. The van der Waals surface area contributed by atoms with Crippen molar-refractivity contribution in [2.45, 2.75) is 57.1 Å². The fraction of sp³-hybridized carbons (Fsp3) is 0.600. The topological polar surface area (TPSA) is 102 Å². The summed E-state index contributed by atoms with van der Waals surface area (Å²) in [6.45, 7) is 0.899. The number of ether oxygens (including phenoxy) is 1. The van der Waals surface area contributed by atoms with Crippen molar-refractivity contribution in [2.24, 2.45) is 17.8 Å². The lowest BCUT2D eigenvalue weighted by molar-refractivity contribution is -0.122. The number of carbonyl (C=O) groups is 2. The summed E-state index contributed by atoms with van der Waals surface area (Å²) < 4.78 is 34.4. The van der Waals surface area contributed by atoms with Gasteiger partial charge in [-0.15, -0.1) is 0 Å². The standard InChI is InChI=1S/C25H32N2O6S/c1-34(30,31)33-16-18-12-19-13-22-21(9-10-23(28)26-22)25(14-18)20(19)8-5-11-27(25)24(29)32-15-17-6-3-2-4-7-17/h2-4,6-7,18-20H,5,8-16H2,1H3,(H,26,28)/t18-,19-,20-,25+/m1/s1. The predicted molar refractivity (Wildman–Crippen MR) is 125 cm³/mol. The summed E-state index contributed by atoms with van der Waals surface area (Å²) in [5.41, 5.74) is 2.45. The molecule has 0 aromatic heterocycles. The highest BCUT2D eigenvalue weighted by molar-refractivity contribution is 7.85. The van der Waals surface area contributed by atoms with E-state index in [1.807, 2.05) is 35.2 Å². The van der Waals surface area contributed by atoms with Gasteiger partial charge < -0.3 is 10.1 Å². The largest absolute Gasteiger partial charge is 0.445 e. The minimum Gasteiger partial charge on any atom is -0.445 e. The Labute approximate surface area is 200 Å². The molecular formula is C25H32N2O6S. The zero-order chi connectivity index (χ0) is 23.9. The average Bonchev–Trinajstić information content (AvgIpc) is 2.80.